The van der Waals surface area contributed by atoms with Crippen molar-refractivity contribution in [3.63, 3.8) is 0 Å². The van der Waals surface area contributed by atoms with Gasteiger partial charge in [-0.25, -0.2) is 30.3 Å². The lowest BCUT2D eigenvalue weighted by molar-refractivity contribution is -0.137. The molecule has 3 aromatic carbocycles. The fraction of sp³-hybridized carbons (Fsp3) is 0.355. The van der Waals surface area contributed by atoms with E-state index in [1.165, 1.54) is 0 Å². The summed E-state index contributed by atoms with van der Waals surface area (Å²) in [5.41, 5.74) is -0.714. The van der Waals surface area contributed by atoms with Crippen LogP contribution in [0.3, 0.4) is 0 Å². The van der Waals surface area contributed by atoms with Gasteiger partial charge in [0, 0.05) is 12.0 Å². The highest BCUT2D eigenvalue weighted by molar-refractivity contribution is 7.92. The standard InChI is InChI=1S/C31H28F5NO5S2/c32-25-13-14-26(33)29-28(25)30(43(38,39)21-11-9-20(10-12-21)31(34,35)36)16-15-27-23(24(30)18-42-29)17-22(44(40,41)37-27)8-4-7-19-5-2-1-3-6-19/h1-7,9-14,22-24,27,37H,8,15-18H2/b7-4+/t22-,23-,24+,27+,30+/m1/s1. The maximum absolute atomic E-state index is 15.7. The first-order valence-corrected chi connectivity index (χ1v) is 17.0. The van der Waals surface area contributed by atoms with Crippen molar-refractivity contribution in [2.75, 3.05) is 6.61 Å². The van der Waals surface area contributed by atoms with Gasteiger partial charge in [-0.2, -0.15) is 13.2 Å². The van der Waals surface area contributed by atoms with E-state index in [9.17, 15) is 30.0 Å². The highest BCUT2D eigenvalue weighted by Gasteiger charge is 2.64. The highest BCUT2D eigenvalue weighted by atomic mass is 32.2. The molecule has 0 unspecified atom stereocenters. The third-order valence-electron chi connectivity index (χ3n) is 9.12. The summed E-state index contributed by atoms with van der Waals surface area (Å²) in [5.74, 6) is -4.27. The van der Waals surface area contributed by atoms with Crippen LogP contribution in [0, 0.1) is 23.5 Å². The molecular formula is C31H28F5NO5S2. The van der Waals surface area contributed by atoms with Crippen molar-refractivity contribution in [2.24, 2.45) is 11.8 Å². The Balaban J connectivity index is 1.44. The van der Waals surface area contributed by atoms with Crippen molar-refractivity contribution in [2.45, 2.75) is 52.8 Å². The Morgan fingerprint density at radius 1 is 0.977 bits per heavy atom. The maximum atomic E-state index is 15.7. The van der Waals surface area contributed by atoms with Gasteiger partial charge in [0.2, 0.25) is 10.0 Å². The minimum absolute atomic E-state index is 0.0176. The Bertz CT molecular complexity index is 1810. The molecule has 234 valence electrons. The van der Waals surface area contributed by atoms with Gasteiger partial charge in [-0.05, 0) is 73.6 Å². The largest absolute Gasteiger partial charge is 0.490 e. The second-order valence-electron chi connectivity index (χ2n) is 11.4. The van der Waals surface area contributed by atoms with Gasteiger partial charge in [-0.15, -0.1) is 0 Å². The average molecular weight is 654 g/mol. The minimum Gasteiger partial charge on any atom is -0.490 e. The predicted molar refractivity (Wildman–Crippen MR) is 153 cm³/mol. The first-order chi connectivity index (χ1) is 20.8. The summed E-state index contributed by atoms with van der Waals surface area (Å²) >= 11 is 0. The lowest BCUT2D eigenvalue weighted by Crippen LogP contribution is -2.63. The molecule has 0 amide bonds. The van der Waals surface area contributed by atoms with Gasteiger partial charge >= 0.3 is 6.18 Å². The van der Waals surface area contributed by atoms with E-state index in [1.54, 1.807) is 12.2 Å². The molecular weight excluding hydrogens is 625 g/mol. The summed E-state index contributed by atoms with van der Waals surface area (Å²) in [5, 5.41) is -0.952. The van der Waals surface area contributed by atoms with E-state index >= 15 is 8.78 Å². The number of sulfonamides is 1. The van der Waals surface area contributed by atoms with Crippen molar-refractivity contribution >= 4 is 25.9 Å². The molecule has 5 atom stereocenters. The van der Waals surface area contributed by atoms with E-state index in [0.717, 1.165) is 29.8 Å². The third kappa shape index (κ3) is 5.02. The molecule has 1 saturated carbocycles. The number of fused-ring (bicyclic) bond motifs is 5. The number of hydrogen-bond acceptors (Lipinski definition) is 5. The van der Waals surface area contributed by atoms with Crippen molar-refractivity contribution in [1.29, 1.82) is 0 Å². The highest BCUT2D eigenvalue weighted by Crippen LogP contribution is 2.59. The third-order valence-corrected chi connectivity index (χ3v) is 13.6. The molecule has 2 fully saturated rings. The van der Waals surface area contributed by atoms with Crippen LogP contribution in [0.25, 0.3) is 6.08 Å². The van der Waals surface area contributed by atoms with Gasteiger partial charge in [0.05, 0.1) is 27.9 Å². The van der Waals surface area contributed by atoms with Crippen molar-refractivity contribution in [3.05, 3.63) is 101 Å². The number of benzene rings is 3. The number of allylic oxidation sites excluding steroid dienone is 1. The van der Waals surface area contributed by atoms with Gasteiger partial charge in [0.15, 0.2) is 21.4 Å². The van der Waals surface area contributed by atoms with Crippen LogP contribution in [0.1, 0.15) is 42.4 Å². The molecule has 2 aliphatic heterocycles. The van der Waals surface area contributed by atoms with E-state index in [4.69, 9.17) is 4.74 Å². The molecule has 1 saturated heterocycles. The minimum atomic E-state index is -4.72. The first kappa shape index (κ1) is 30.7. The van der Waals surface area contributed by atoms with Crippen LogP contribution >= 0.6 is 0 Å². The van der Waals surface area contributed by atoms with Crippen LogP contribution in [0.15, 0.2) is 77.7 Å². The van der Waals surface area contributed by atoms with Crippen molar-refractivity contribution < 1.29 is 43.5 Å². The molecule has 3 aromatic rings. The van der Waals surface area contributed by atoms with E-state index in [0.29, 0.717) is 12.1 Å². The van der Waals surface area contributed by atoms with Crippen LogP contribution < -0.4 is 9.46 Å². The quantitative estimate of drug-likeness (QED) is 0.330. The fourth-order valence-corrected chi connectivity index (χ4v) is 11.2. The van der Waals surface area contributed by atoms with Gasteiger partial charge < -0.3 is 4.74 Å². The van der Waals surface area contributed by atoms with E-state index < -0.39 is 87.3 Å². The summed E-state index contributed by atoms with van der Waals surface area (Å²) in [6.45, 7) is -0.358. The topological polar surface area (TPSA) is 89.5 Å². The molecule has 1 aliphatic carbocycles. The summed E-state index contributed by atoms with van der Waals surface area (Å²) in [6.07, 6.45) is -1.42. The lowest BCUT2D eigenvalue weighted by atomic mass is 9.64. The van der Waals surface area contributed by atoms with Crippen molar-refractivity contribution in [3.8, 4) is 5.75 Å². The Kier molecular flexibility index (Phi) is 7.65. The Labute approximate surface area is 251 Å². The SMILES string of the molecule is O=S1(=O)N[C@H]2CC[C@@]3(S(=O)(=O)c4ccc(C(F)(F)F)cc4)c4c(F)ccc(F)c4OC[C@H]3[C@H]2C[C@H]1C/C=C/c1ccccc1. The van der Waals surface area contributed by atoms with Gasteiger partial charge in [0.25, 0.3) is 0 Å². The van der Waals surface area contributed by atoms with Gasteiger partial charge in [-0.1, -0.05) is 42.5 Å². The molecule has 3 aliphatic rings. The Morgan fingerprint density at radius 2 is 1.66 bits per heavy atom. The molecule has 0 bridgehead atoms. The number of alkyl halides is 3. The number of hydrogen-bond donors (Lipinski definition) is 1. The number of sulfone groups is 1. The molecule has 0 spiro atoms. The fourth-order valence-electron chi connectivity index (χ4n) is 7.06. The molecule has 44 heavy (non-hydrogen) atoms. The van der Waals surface area contributed by atoms with Crippen LogP contribution in [-0.4, -0.2) is 34.7 Å². The van der Waals surface area contributed by atoms with E-state index in [2.05, 4.69) is 4.72 Å². The Morgan fingerprint density at radius 3 is 2.34 bits per heavy atom. The second kappa shape index (κ2) is 11.0. The zero-order chi connectivity index (χ0) is 31.5. The van der Waals surface area contributed by atoms with E-state index in [1.807, 2.05) is 30.3 Å². The van der Waals surface area contributed by atoms with Crippen molar-refractivity contribution in [1.82, 2.24) is 4.72 Å². The molecule has 0 radical (unpaired) electrons. The normalized spacial score (nSPS) is 28.0. The number of rotatable bonds is 5. The summed E-state index contributed by atoms with van der Waals surface area (Å²) < 4.78 is 132. The first-order valence-electron chi connectivity index (χ1n) is 14.0. The number of ether oxygens (including phenoxy) is 1. The van der Waals surface area contributed by atoms with E-state index in [-0.39, 0.29) is 32.3 Å². The zero-order valence-electron chi connectivity index (χ0n) is 23.1. The summed E-state index contributed by atoms with van der Waals surface area (Å²) in [4.78, 5) is -0.482. The lowest BCUT2D eigenvalue weighted by Gasteiger charge is -2.54. The summed E-state index contributed by atoms with van der Waals surface area (Å²) in [6, 6.07) is 13.1. The monoisotopic (exact) mass is 653 g/mol. The Hall–Kier alpha value is -3.29. The summed E-state index contributed by atoms with van der Waals surface area (Å²) in [7, 11) is -8.51. The number of nitrogens with one attached hydrogen (secondary N) is 1. The van der Waals surface area contributed by atoms with Gasteiger partial charge in [0.1, 0.15) is 10.6 Å². The molecule has 0 aromatic heterocycles. The average Bonchev–Trinajstić information content (AvgIpc) is 2.98. The molecule has 2 heterocycles. The van der Waals surface area contributed by atoms with Crippen LogP contribution in [0.5, 0.6) is 5.75 Å². The maximum Gasteiger partial charge on any atom is 0.416 e. The van der Waals surface area contributed by atoms with Gasteiger partial charge in [-0.3, -0.25) is 0 Å². The van der Waals surface area contributed by atoms with Crippen LogP contribution in [0.4, 0.5) is 22.0 Å². The number of halogens is 5. The molecule has 6 nitrogen and oxygen atoms in total. The van der Waals surface area contributed by atoms with Crippen LogP contribution in [0.2, 0.25) is 0 Å². The van der Waals surface area contributed by atoms with Crippen LogP contribution in [-0.2, 0) is 30.8 Å². The zero-order valence-corrected chi connectivity index (χ0v) is 24.7. The second-order valence-corrected chi connectivity index (χ2v) is 15.6. The molecule has 6 rings (SSSR count). The smallest absolute Gasteiger partial charge is 0.416 e. The molecule has 13 heteroatoms. The molecule has 1 N–H and O–H groups in total. The predicted octanol–water partition coefficient (Wildman–Crippen LogP) is 6.24.